The fourth-order valence-corrected chi connectivity index (χ4v) is 3.23. The van der Waals surface area contributed by atoms with Crippen LogP contribution < -0.4 is 5.32 Å². The zero-order valence-corrected chi connectivity index (χ0v) is 12.4. The second kappa shape index (κ2) is 5.87. The van der Waals surface area contributed by atoms with Crippen molar-refractivity contribution in [1.82, 2.24) is 19.8 Å². The predicted octanol–water partition coefficient (Wildman–Crippen LogP) is 0.709. The van der Waals surface area contributed by atoms with Gasteiger partial charge in [-0.1, -0.05) is 0 Å². The van der Waals surface area contributed by atoms with Crippen LogP contribution in [0.1, 0.15) is 31.5 Å². The van der Waals surface area contributed by atoms with Crippen molar-refractivity contribution in [2.45, 2.75) is 45.2 Å². The highest BCUT2D eigenvalue weighted by atomic mass is 16.2. The number of nitrogens with one attached hydrogen (secondary N) is 1. The molecule has 0 saturated carbocycles. The van der Waals surface area contributed by atoms with Gasteiger partial charge in [0.1, 0.15) is 11.9 Å². The number of imidazole rings is 1. The van der Waals surface area contributed by atoms with E-state index < -0.39 is 0 Å². The van der Waals surface area contributed by atoms with E-state index in [4.69, 9.17) is 0 Å². The van der Waals surface area contributed by atoms with Crippen molar-refractivity contribution in [3.63, 3.8) is 0 Å². The van der Waals surface area contributed by atoms with Crippen molar-refractivity contribution in [1.29, 1.82) is 0 Å². The van der Waals surface area contributed by atoms with Crippen molar-refractivity contribution in [2.24, 2.45) is 5.92 Å². The van der Waals surface area contributed by atoms with E-state index in [9.17, 15) is 9.59 Å². The van der Waals surface area contributed by atoms with E-state index in [-0.39, 0.29) is 17.9 Å². The number of hydrogen-bond donors (Lipinski definition) is 1. The molecule has 0 bridgehead atoms. The van der Waals surface area contributed by atoms with Gasteiger partial charge < -0.3 is 14.8 Å². The molecule has 114 valence electrons. The molecule has 3 heterocycles. The van der Waals surface area contributed by atoms with Crippen LogP contribution in [0.3, 0.4) is 0 Å². The van der Waals surface area contributed by atoms with Crippen LogP contribution in [0.15, 0.2) is 12.4 Å². The largest absolute Gasteiger partial charge is 0.344 e. The lowest BCUT2D eigenvalue weighted by molar-refractivity contribution is -0.135. The number of nitrogens with zero attached hydrogens (tertiary/aromatic N) is 3. The number of piperidine rings is 1. The lowest BCUT2D eigenvalue weighted by Gasteiger charge is -2.33. The minimum atomic E-state index is -0.287. The standard InChI is InChI=1S/C15H22N4O2/c1-11-16-6-9-19(11)10-12-4-7-18(8-5-12)15(21)13-2-3-14(20)17-13/h6,9,12-13H,2-5,7-8,10H2,1H3,(H,17,20). The quantitative estimate of drug-likeness (QED) is 0.891. The topological polar surface area (TPSA) is 67.2 Å². The summed E-state index contributed by atoms with van der Waals surface area (Å²) in [5.41, 5.74) is 0. The molecule has 1 unspecified atom stereocenters. The van der Waals surface area contributed by atoms with Gasteiger partial charge in [0.15, 0.2) is 0 Å². The molecule has 6 nitrogen and oxygen atoms in total. The Hall–Kier alpha value is -1.85. The normalized spacial score (nSPS) is 23.4. The SMILES string of the molecule is Cc1nccn1CC1CCN(C(=O)C2CCC(=O)N2)CC1. The Balaban J connectivity index is 1.50. The van der Waals surface area contributed by atoms with Gasteiger partial charge in [0.25, 0.3) is 0 Å². The molecule has 1 atom stereocenters. The third-order valence-corrected chi connectivity index (χ3v) is 4.60. The third kappa shape index (κ3) is 3.09. The average molecular weight is 290 g/mol. The molecule has 2 aliphatic heterocycles. The number of rotatable bonds is 3. The highest BCUT2D eigenvalue weighted by molar-refractivity contribution is 5.90. The van der Waals surface area contributed by atoms with E-state index >= 15 is 0 Å². The number of likely N-dealkylation sites (tertiary alicyclic amines) is 1. The highest BCUT2D eigenvalue weighted by Gasteiger charge is 2.32. The first-order valence-corrected chi connectivity index (χ1v) is 7.69. The number of hydrogen-bond acceptors (Lipinski definition) is 3. The Labute approximate surface area is 124 Å². The number of aromatic nitrogens is 2. The van der Waals surface area contributed by atoms with Gasteiger partial charge in [-0.25, -0.2) is 4.98 Å². The van der Waals surface area contributed by atoms with Crippen LogP contribution in [0.25, 0.3) is 0 Å². The first-order valence-electron chi connectivity index (χ1n) is 7.69. The molecule has 21 heavy (non-hydrogen) atoms. The van der Waals surface area contributed by atoms with Crippen LogP contribution in [-0.2, 0) is 16.1 Å². The van der Waals surface area contributed by atoms with Gasteiger partial charge >= 0.3 is 0 Å². The van der Waals surface area contributed by atoms with Crippen LogP contribution in [0.2, 0.25) is 0 Å². The molecule has 1 aromatic heterocycles. The van der Waals surface area contributed by atoms with Crippen molar-refractivity contribution >= 4 is 11.8 Å². The van der Waals surface area contributed by atoms with Gasteiger partial charge in [-0.15, -0.1) is 0 Å². The zero-order valence-electron chi connectivity index (χ0n) is 12.4. The monoisotopic (exact) mass is 290 g/mol. The Kier molecular flexibility index (Phi) is 3.94. The Morgan fingerprint density at radius 2 is 2.14 bits per heavy atom. The molecule has 1 N–H and O–H groups in total. The highest BCUT2D eigenvalue weighted by Crippen LogP contribution is 2.21. The van der Waals surface area contributed by atoms with Crippen LogP contribution in [0, 0.1) is 12.8 Å². The number of carbonyl (C=O) groups is 2. The van der Waals surface area contributed by atoms with Gasteiger partial charge in [0.2, 0.25) is 11.8 Å². The minimum absolute atomic E-state index is 0.00109. The van der Waals surface area contributed by atoms with E-state index in [1.165, 1.54) is 0 Å². The second-order valence-corrected chi connectivity index (χ2v) is 6.05. The maximum atomic E-state index is 12.3. The summed E-state index contributed by atoms with van der Waals surface area (Å²) in [5, 5.41) is 2.76. The molecule has 2 saturated heterocycles. The van der Waals surface area contributed by atoms with E-state index in [0.717, 1.165) is 38.3 Å². The van der Waals surface area contributed by atoms with Gasteiger partial charge in [-0.3, -0.25) is 9.59 Å². The summed E-state index contributed by atoms with van der Waals surface area (Å²) in [6.45, 7) is 4.59. The lowest BCUT2D eigenvalue weighted by atomic mass is 9.96. The summed E-state index contributed by atoms with van der Waals surface area (Å²) >= 11 is 0. The number of carbonyl (C=O) groups excluding carboxylic acids is 2. The van der Waals surface area contributed by atoms with Gasteiger partial charge in [0, 0.05) is 38.4 Å². The molecule has 1 aromatic rings. The first kappa shape index (κ1) is 14.1. The van der Waals surface area contributed by atoms with Crippen LogP contribution in [0.4, 0.5) is 0 Å². The fourth-order valence-electron chi connectivity index (χ4n) is 3.23. The van der Waals surface area contributed by atoms with Crippen LogP contribution in [-0.4, -0.2) is 45.4 Å². The minimum Gasteiger partial charge on any atom is -0.344 e. The fraction of sp³-hybridized carbons (Fsp3) is 0.667. The average Bonchev–Trinajstić information content (AvgIpc) is 3.08. The molecular formula is C15H22N4O2. The van der Waals surface area contributed by atoms with Crippen molar-refractivity contribution in [2.75, 3.05) is 13.1 Å². The van der Waals surface area contributed by atoms with Crippen molar-refractivity contribution in [3.05, 3.63) is 18.2 Å². The summed E-state index contributed by atoms with van der Waals surface area (Å²) in [7, 11) is 0. The zero-order chi connectivity index (χ0) is 14.8. The van der Waals surface area contributed by atoms with Crippen molar-refractivity contribution < 1.29 is 9.59 Å². The summed E-state index contributed by atoms with van der Waals surface area (Å²) < 4.78 is 2.18. The van der Waals surface area contributed by atoms with Crippen LogP contribution in [0.5, 0.6) is 0 Å². The van der Waals surface area contributed by atoms with E-state index in [1.807, 2.05) is 24.2 Å². The van der Waals surface area contributed by atoms with Gasteiger partial charge in [-0.05, 0) is 32.1 Å². The molecule has 2 amide bonds. The molecule has 2 aliphatic rings. The smallest absolute Gasteiger partial charge is 0.245 e. The second-order valence-electron chi connectivity index (χ2n) is 6.05. The van der Waals surface area contributed by atoms with E-state index in [1.54, 1.807) is 0 Å². The first-order chi connectivity index (χ1) is 10.1. The molecule has 0 spiro atoms. The molecule has 6 heteroatoms. The Morgan fingerprint density at radius 1 is 1.38 bits per heavy atom. The summed E-state index contributed by atoms with van der Waals surface area (Å²) in [6.07, 6.45) is 7.00. The van der Waals surface area contributed by atoms with Crippen molar-refractivity contribution in [3.8, 4) is 0 Å². The molecule has 2 fully saturated rings. The Bertz CT molecular complexity index is 532. The van der Waals surface area contributed by atoms with E-state index in [0.29, 0.717) is 18.8 Å². The predicted molar refractivity (Wildman–Crippen MR) is 77.4 cm³/mol. The molecule has 0 aromatic carbocycles. The molecule has 0 radical (unpaired) electrons. The van der Waals surface area contributed by atoms with Gasteiger partial charge in [-0.2, -0.15) is 0 Å². The molecule has 3 rings (SSSR count). The lowest BCUT2D eigenvalue weighted by Crippen LogP contribution is -2.47. The molecule has 0 aliphatic carbocycles. The number of amides is 2. The maximum absolute atomic E-state index is 12.3. The van der Waals surface area contributed by atoms with E-state index in [2.05, 4.69) is 14.9 Å². The van der Waals surface area contributed by atoms with Gasteiger partial charge in [0.05, 0.1) is 0 Å². The number of aryl methyl sites for hydroxylation is 1. The van der Waals surface area contributed by atoms with Crippen LogP contribution >= 0.6 is 0 Å². The molecular weight excluding hydrogens is 268 g/mol. The maximum Gasteiger partial charge on any atom is 0.245 e. The summed E-state index contributed by atoms with van der Waals surface area (Å²) in [5.74, 6) is 1.74. The summed E-state index contributed by atoms with van der Waals surface area (Å²) in [4.78, 5) is 29.7. The Morgan fingerprint density at radius 3 is 2.71 bits per heavy atom. The summed E-state index contributed by atoms with van der Waals surface area (Å²) in [6, 6.07) is -0.287. The third-order valence-electron chi connectivity index (χ3n) is 4.60.